The highest BCUT2D eigenvalue weighted by molar-refractivity contribution is 7.17. The number of hydrogen-bond acceptors (Lipinski definition) is 4. The Labute approximate surface area is 130 Å². The van der Waals surface area contributed by atoms with Gasteiger partial charge in [0.25, 0.3) is 5.91 Å². The average molecular weight is 317 g/mol. The highest BCUT2D eigenvalue weighted by Crippen LogP contribution is 2.36. The summed E-state index contributed by atoms with van der Waals surface area (Å²) >= 11 is 3.14. The molecule has 21 heavy (non-hydrogen) atoms. The Balaban J connectivity index is 1.74. The predicted molar refractivity (Wildman–Crippen MR) is 87.4 cm³/mol. The first kappa shape index (κ1) is 13.0. The fourth-order valence-corrected chi connectivity index (χ4v) is 4.46. The minimum Gasteiger partial charge on any atom is -0.333 e. The number of rotatable bonds is 3. The van der Waals surface area contributed by atoms with Crippen molar-refractivity contribution < 1.29 is 4.79 Å². The van der Waals surface area contributed by atoms with E-state index in [4.69, 9.17) is 0 Å². The van der Waals surface area contributed by atoms with E-state index in [1.165, 1.54) is 34.4 Å². The molecule has 4 rings (SSSR count). The SMILES string of the molecule is O=C(Nc1nccs1)c1cc2sccc2n1C1CCCC1. The number of carbonyl (C=O) groups is 1. The number of nitrogens with one attached hydrogen (secondary N) is 1. The molecule has 1 amide bonds. The van der Waals surface area contributed by atoms with Crippen LogP contribution in [0.15, 0.2) is 29.1 Å². The Morgan fingerprint density at radius 1 is 1.29 bits per heavy atom. The van der Waals surface area contributed by atoms with E-state index < -0.39 is 0 Å². The number of amides is 1. The highest BCUT2D eigenvalue weighted by atomic mass is 32.1. The number of nitrogens with zero attached hydrogens (tertiary/aromatic N) is 2. The van der Waals surface area contributed by atoms with Gasteiger partial charge in [-0.3, -0.25) is 10.1 Å². The third-order valence-corrected chi connectivity index (χ3v) is 5.58. The molecule has 0 spiro atoms. The number of hydrogen-bond donors (Lipinski definition) is 1. The van der Waals surface area contributed by atoms with Gasteiger partial charge in [0.2, 0.25) is 0 Å². The zero-order chi connectivity index (χ0) is 14.2. The molecule has 0 saturated heterocycles. The van der Waals surface area contributed by atoms with Crippen LogP contribution in [-0.4, -0.2) is 15.5 Å². The molecule has 3 heterocycles. The van der Waals surface area contributed by atoms with Crippen LogP contribution >= 0.6 is 22.7 Å². The molecule has 3 aromatic rings. The van der Waals surface area contributed by atoms with E-state index in [0.717, 1.165) is 18.5 Å². The zero-order valence-corrected chi connectivity index (χ0v) is 13.0. The molecule has 1 N–H and O–H groups in total. The van der Waals surface area contributed by atoms with Crippen LogP contribution < -0.4 is 5.32 Å². The second-order valence-corrected chi connectivity index (χ2v) is 7.14. The van der Waals surface area contributed by atoms with Crippen LogP contribution in [0.4, 0.5) is 5.13 Å². The second kappa shape index (κ2) is 5.27. The van der Waals surface area contributed by atoms with Crippen molar-refractivity contribution >= 4 is 43.9 Å². The van der Waals surface area contributed by atoms with Crippen LogP contribution in [0.1, 0.15) is 42.2 Å². The molecule has 0 unspecified atom stereocenters. The summed E-state index contributed by atoms with van der Waals surface area (Å²) in [5.41, 5.74) is 1.95. The van der Waals surface area contributed by atoms with Crippen LogP contribution in [0.3, 0.4) is 0 Å². The van der Waals surface area contributed by atoms with Crippen molar-refractivity contribution in [2.45, 2.75) is 31.7 Å². The summed E-state index contributed by atoms with van der Waals surface area (Å²) in [6, 6.07) is 4.59. The first-order valence-electron chi connectivity index (χ1n) is 7.12. The molecule has 1 aliphatic rings. The van der Waals surface area contributed by atoms with Crippen molar-refractivity contribution in [3.63, 3.8) is 0 Å². The molecule has 1 aliphatic carbocycles. The molecular formula is C15H15N3OS2. The lowest BCUT2D eigenvalue weighted by Crippen LogP contribution is -2.19. The summed E-state index contributed by atoms with van der Waals surface area (Å²) in [5, 5.41) is 7.52. The number of anilines is 1. The molecule has 0 atom stereocenters. The van der Waals surface area contributed by atoms with Crippen molar-refractivity contribution in [3.05, 3.63) is 34.8 Å². The van der Waals surface area contributed by atoms with Crippen molar-refractivity contribution in [1.29, 1.82) is 0 Å². The van der Waals surface area contributed by atoms with Gasteiger partial charge in [-0.05, 0) is 30.4 Å². The second-order valence-electron chi connectivity index (χ2n) is 5.30. The topological polar surface area (TPSA) is 46.9 Å². The monoisotopic (exact) mass is 317 g/mol. The predicted octanol–water partition coefficient (Wildman–Crippen LogP) is 4.53. The van der Waals surface area contributed by atoms with Crippen LogP contribution in [0.5, 0.6) is 0 Å². The number of carbonyl (C=O) groups excluding carboxylic acids is 1. The quantitative estimate of drug-likeness (QED) is 0.771. The summed E-state index contributed by atoms with van der Waals surface area (Å²) in [6.07, 6.45) is 6.53. The van der Waals surface area contributed by atoms with Gasteiger partial charge in [-0.15, -0.1) is 22.7 Å². The van der Waals surface area contributed by atoms with Gasteiger partial charge in [-0.2, -0.15) is 0 Å². The van der Waals surface area contributed by atoms with Crippen molar-refractivity contribution in [2.75, 3.05) is 5.32 Å². The Morgan fingerprint density at radius 3 is 2.90 bits per heavy atom. The van der Waals surface area contributed by atoms with Crippen molar-refractivity contribution in [1.82, 2.24) is 9.55 Å². The molecule has 0 bridgehead atoms. The molecule has 3 aromatic heterocycles. The lowest BCUT2D eigenvalue weighted by molar-refractivity contribution is 0.101. The molecule has 1 saturated carbocycles. The molecule has 0 aliphatic heterocycles. The Hall–Kier alpha value is -1.66. The Morgan fingerprint density at radius 2 is 2.14 bits per heavy atom. The van der Waals surface area contributed by atoms with Gasteiger partial charge >= 0.3 is 0 Å². The first-order valence-corrected chi connectivity index (χ1v) is 8.88. The summed E-state index contributed by atoms with van der Waals surface area (Å²) in [5.74, 6) is -0.0553. The number of thiazole rings is 1. The molecule has 0 aromatic carbocycles. The Kier molecular flexibility index (Phi) is 3.27. The van der Waals surface area contributed by atoms with Crippen LogP contribution in [-0.2, 0) is 0 Å². The van der Waals surface area contributed by atoms with Crippen LogP contribution in [0, 0.1) is 0 Å². The van der Waals surface area contributed by atoms with Crippen molar-refractivity contribution in [3.8, 4) is 0 Å². The lowest BCUT2D eigenvalue weighted by atomic mass is 10.2. The minimum absolute atomic E-state index is 0.0553. The van der Waals surface area contributed by atoms with E-state index in [0.29, 0.717) is 11.2 Å². The van der Waals surface area contributed by atoms with E-state index >= 15 is 0 Å². The fourth-order valence-electron chi connectivity index (χ4n) is 3.12. The van der Waals surface area contributed by atoms with E-state index in [1.807, 2.05) is 11.4 Å². The lowest BCUT2D eigenvalue weighted by Gasteiger charge is -2.16. The zero-order valence-electron chi connectivity index (χ0n) is 11.4. The van der Waals surface area contributed by atoms with Gasteiger partial charge < -0.3 is 4.57 Å². The molecule has 6 heteroatoms. The summed E-state index contributed by atoms with van der Waals surface area (Å²) in [4.78, 5) is 16.7. The third-order valence-electron chi connectivity index (χ3n) is 4.04. The molecule has 4 nitrogen and oxygen atoms in total. The van der Waals surface area contributed by atoms with Crippen molar-refractivity contribution in [2.24, 2.45) is 0 Å². The normalized spacial score (nSPS) is 15.8. The van der Waals surface area contributed by atoms with Gasteiger partial charge in [0.1, 0.15) is 5.69 Å². The highest BCUT2D eigenvalue weighted by Gasteiger charge is 2.25. The Bertz CT molecular complexity index is 766. The van der Waals surface area contributed by atoms with Gasteiger partial charge in [0, 0.05) is 17.6 Å². The molecule has 0 radical (unpaired) electrons. The molecular weight excluding hydrogens is 302 g/mol. The average Bonchev–Trinajstić information content (AvgIpc) is 3.23. The van der Waals surface area contributed by atoms with Gasteiger partial charge in [0.15, 0.2) is 5.13 Å². The van der Waals surface area contributed by atoms with Gasteiger partial charge in [0.05, 0.1) is 10.2 Å². The maximum atomic E-state index is 12.6. The minimum atomic E-state index is -0.0553. The third kappa shape index (κ3) is 2.28. The standard InChI is InChI=1S/C15H15N3OS2/c19-14(17-15-16-6-8-21-15)12-9-13-11(5-7-20-13)18(12)10-3-1-2-4-10/h5-10H,1-4H2,(H,16,17,19). The van der Waals surface area contributed by atoms with Crippen LogP contribution in [0.25, 0.3) is 10.2 Å². The largest absolute Gasteiger partial charge is 0.333 e. The number of aromatic nitrogens is 2. The number of thiophene rings is 1. The summed E-state index contributed by atoms with van der Waals surface area (Å²) in [6.45, 7) is 0. The summed E-state index contributed by atoms with van der Waals surface area (Å²) in [7, 11) is 0. The maximum absolute atomic E-state index is 12.6. The smallest absolute Gasteiger partial charge is 0.274 e. The molecule has 1 fully saturated rings. The fraction of sp³-hybridized carbons (Fsp3) is 0.333. The van der Waals surface area contributed by atoms with E-state index in [1.54, 1.807) is 17.5 Å². The first-order chi connectivity index (χ1) is 10.3. The van der Waals surface area contributed by atoms with E-state index in [9.17, 15) is 4.79 Å². The van der Waals surface area contributed by atoms with E-state index in [-0.39, 0.29) is 5.91 Å². The van der Waals surface area contributed by atoms with E-state index in [2.05, 4.69) is 26.3 Å². The number of fused-ring (bicyclic) bond motifs is 1. The van der Waals surface area contributed by atoms with Crippen LogP contribution in [0.2, 0.25) is 0 Å². The maximum Gasteiger partial charge on any atom is 0.274 e. The summed E-state index contributed by atoms with van der Waals surface area (Å²) < 4.78 is 3.42. The molecule has 108 valence electrons. The van der Waals surface area contributed by atoms with Gasteiger partial charge in [-0.1, -0.05) is 12.8 Å². The van der Waals surface area contributed by atoms with Gasteiger partial charge in [-0.25, -0.2) is 4.98 Å².